The molecule has 128 valence electrons. The fourth-order valence-corrected chi connectivity index (χ4v) is 3.26. The zero-order chi connectivity index (χ0) is 17.7. The second-order valence-electron chi connectivity index (χ2n) is 6.62. The summed E-state index contributed by atoms with van der Waals surface area (Å²) in [5, 5.41) is 2.51. The Hall–Kier alpha value is -1.79. The van der Waals surface area contributed by atoms with Crippen molar-refractivity contribution in [3.8, 4) is 0 Å². The monoisotopic (exact) mass is 356 g/mol. The number of fused-ring (bicyclic) bond motifs is 1. The van der Waals surface area contributed by atoms with E-state index in [-0.39, 0.29) is 17.1 Å². The van der Waals surface area contributed by atoms with E-state index in [1.165, 1.54) is 12.1 Å². The molecule has 7 heteroatoms. The van der Waals surface area contributed by atoms with Crippen molar-refractivity contribution in [2.75, 3.05) is 6.54 Å². The van der Waals surface area contributed by atoms with Crippen molar-refractivity contribution in [3.63, 3.8) is 0 Å². The summed E-state index contributed by atoms with van der Waals surface area (Å²) in [6.07, 6.45) is -4.56. The van der Waals surface area contributed by atoms with Gasteiger partial charge in [-0.2, -0.15) is 13.2 Å². The van der Waals surface area contributed by atoms with Crippen molar-refractivity contribution in [3.05, 3.63) is 47.0 Å². The minimum Gasteiger partial charge on any atom is -0.287 e. The van der Waals surface area contributed by atoms with E-state index >= 15 is 0 Å². The molecule has 1 saturated heterocycles. The highest BCUT2D eigenvalue weighted by Crippen LogP contribution is 2.42. The van der Waals surface area contributed by atoms with E-state index in [1.54, 1.807) is 38.1 Å². The standard InChI is InChI=1S/C17H16ClF3N2O/c1-16(2)9-23(22-15(16)24)14(17(19,20)21)11-7-10-5-3-4-6-12(10)13(18)8-11/h3-8,14H,9H2,1-2H3,(H,22,24)/t14-/m0/s1. The number of rotatable bonds is 2. The third kappa shape index (κ3) is 2.96. The van der Waals surface area contributed by atoms with Crippen LogP contribution in [0.15, 0.2) is 36.4 Å². The third-order valence-electron chi connectivity index (χ3n) is 4.20. The van der Waals surface area contributed by atoms with Gasteiger partial charge in [-0.15, -0.1) is 0 Å². The van der Waals surface area contributed by atoms with Gasteiger partial charge in [0.25, 0.3) is 0 Å². The Morgan fingerprint density at radius 1 is 1.25 bits per heavy atom. The lowest BCUT2D eigenvalue weighted by Crippen LogP contribution is -2.43. The Morgan fingerprint density at radius 3 is 2.50 bits per heavy atom. The highest BCUT2D eigenvalue weighted by Gasteiger charge is 2.51. The van der Waals surface area contributed by atoms with E-state index in [4.69, 9.17) is 11.6 Å². The van der Waals surface area contributed by atoms with Crippen molar-refractivity contribution >= 4 is 28.3 Å². The van der Waals surface area contributed by atoms with E-state index in [9.17, 15) is 18.0 Å². The Balaban J connectivity index is 2.10. The van der Waals surface area contributed by atoms with Gasteiger partial charge in [0.15, 0.2) is 0 Å². The normalized spacial score (nSPS) is 19.5. The zero-order valence-corrected chi connectivity index (χ0v) is 13.9. The molecule has 0 spiro atoms. The average molecular weight is 357 g/mol. The van der Waals surface area contributed by atoms with Crippen LogP contribution in [0.1, 0.15) is 25.5 Å². The summed E-state index contributed by atoms with van der Waals surface area (Å²) in [6.45, 7) is 3.19. The van der Waals surface area contributed by atoms with E-state index in [0.717, 1.165) is 5.01 Å². The minimum absolute atomic E-state index is 0.00389. The van der Waals surface area contributed by atoms with Gasteiger partial charge in [0.05, 0.1) is 5.41 Å². The number of amides is 1. The maximum atomic E-state index is 13.7. The summed E-state index contributed by atoms with van der Waals surface area (Å²) < 4.78 is 41.2. The second-order valence-corrected chi connectivity index (χ2v) is 7.03. The summed E-state index contributed by atoms with van der Waals surface area (Å²) in [5.41, 5.74) is 1.47. The Bertz CT molecular complexity index is 804. The first-order valence-electron chi connectivity index (χ1n) is 7.42. The molecule has 3 nitrogen and oxygen atoms in total. The van der Waals surface area contributed by atoms with Crippen LogP contribution in [0.5, 0.6) is 0 Å². The highest BCUT2D eigenvalue weighted by molar-refractivity contribution is 6.35. The summed E-state index contributed by atoms with van der Waals surface area (Å²) in [6, 6.07) is 7.82. The molecule has 1 aliphatic heterocycles. The quantitative estimate of drug-likeness (QED) is 0.861. The molecule has 24 heavy (non-hydrogen) atoms. The van der Waals surface area contributed by atoms with E-state index in [2.05, 4.69) is 5.43 Å². The molecular weight excluding hydrogens is 341 g/mol. The number of nitrogens with zero attached hydrogens (tertiary/aromatic N) is 1. The SMILES string of the molecule is CC1(C)CN([C@@H](c2cc(Cl)c3ccccc3c2)C(F)(F)F)NC1=O. The van der Waals surface area contributed by atoms with Gasteiger partial charge in [-0.1, -0.05) is 35.9 Å². The lowest BCUT2D eigenvalue weighted by Gasteiger charge is -2.30. The van der Waals surface area contributed by atoms with Crippen LogP contribution in [-0.2, 0) is 4.79 Å². The molecule has 0 unspecified atom stereocenters. The first kappa shape index (κ1) is 17.0. The molecule has 1 atom stereocenters. The van der Waals surface area contributed by atoms with Gasteiger partial charge in [0.1, 0.15) is 6.04 Å². The Morgan fingerprint density at radius 2 is 1.92 bits per heavy atom. The lowest BCUT2D eigenvalue weighted by atomic mass is 9.93. The first-order chi connectivity index (χ1) is 11.1. The van der Waals surface area contributed by atoms with Crippen molar-refractivity contribution in [1.29, 1.82) is 0 Å². The molecule has 0 saturated carbocycles. The topological polar surface area (TPSA) is 32.3 Å². The van der Waals surface area contributed by atoms with Gasteiger partial charge < -0.3 is 0 Å². The Labute approximate surface area is 142 Å². The molecule has 1 fully saturated rings. The molecule has 1 N–H and O–H groups in total. The van der Waals surface area contributed by atoms with Gasteiger partial charge in [0.2, 0.25) is 5.91 Å². The molecule has 2 aromatic carbocycles. The molecule has 0 aliphatic carbocycles. The predicted molar refractivity (Wildman–Crippen MR) is 86.4 cm³/mol. The molecule has 0 bridgehead atoms. The molecule has 0 radical (unpaired) electrons. The number of carbonyl (C=O) groups excluding carboxylic acids is 1. The molecular formula is C17H16ClF3N2O. The largest absolute Gasteiger partial charge is 0.409 e. The van der Waals surface area contributed by atoms with E-state index in [1.807, 2.05) is 0 Å². The summed E-state index contributed by atoms with van der Waals surface area (Å²) in [4.78, 5) is 11.9. The van der Waals surface area contributed by atoms with Crippen LogP contribution in [0.25, 0.3) is 10.8 Å². The van der Waals surface area contributed by atoms with Gasteiger partial charge in [-0.25, -0.2) is 5.01 Å². The van der Waals surface area contributed by atoms with E-state index < -0.39 is 23.5 Å². The number of nitrogens with one attached hydrogen (secondary N) is 1. The van der Waals surface area contributed by atoms with Gasteiger partial charge in [-0.3, -0.25) is 10.2 Å². The summed E-state index contributed by atoms with van der Waals surface area (Å²) in [5.74, 6) is -0.427. The van der Waals surface area contributed by atoms with Crippen LogP contribution in [0.4, 0.5) is 13.2 Å². The van der Waals surface area contributed by atoms with Gasteiger partial charge in [0, 0.05) is 17.0 Å². The van der Waals surface area contributed by atoms with Crippen molar-refractivity contribution in [1.82, 2.24) is 10.4 Å². The first-order valence-corrected chi connectivity index (χ1v) is 7.80. The van der Waals surface area contributed by atoms with Crippen LogP contribution in [-0.4, -0.2) is 23.6 Å². The lowest BCUT2D eigenvalue weighted by molar-refractivity contribution is -0.191. The molecule has 0 aromatic heterocycles. The fourth-order valence-electron chi connectivity index (χ4n) is 2.96. The maximum Gasteiger partial charge on any atom is 0.409 e. The molecule has 2 aromatic rings. The fraction of sp³-hybridized carbons (Fsp3) is 0.353. The summed E-state index contributed by atoms with van der Waals surface area (Å²) in [7, 11) is 0. The number of carbonyl (C=O) groups is 1. The third-order valence-corrected chi connectivity index (χ3v) is 4.51. The highest BCUT2D eigenvalue weighted by atomic mass is 35.5. The number of alkyl halides is 3. The molecule has 1 heterocycles. The molecule has 3 rings (SSSR count). The molecule has 1 amide bonds. The van der Waals surface area contributed by atoms with Crippen LogP contribution >= 0.6 is 11.6 Å². The second kappa shape index (κ2) is 5.63. The van der Waals surface area contributed by atoms with Crippen LogP contribution in [0.2, 0.25) is 5.02 Å². The number of hydrogen-bond acceptors (Lipinski definition) is 2. The van der Waals surface area contributed by atoms with Crippen LogP contribution < -0.4 is 5.43 Å². The Kier molecular flexibility index (Phi) is 4.00. The number of halogens is 4. The van der Waals surface area contributed by atoms with E-state index in [0.29, 0.717) is 10.8 Å². The smallest absolute Gasteiger partial charge is 0.287 e. The van der Waals surface area contributed by atoms with Crippen molar-refractivity contribution < 1.29 is 18.0 Å². The van der Waals surface area contributed by atoms with Crippen LogP contribution in [0.3, 0.4) is 0 Å². The van der Waals surface area contributed by atoms with Gasteiger partial charge >= 0.3 is 6.18 Å². The van der Waals surface area contributed by atoms with Crippen molar-refractivity contribution in [2.24, 2.45) is 5.41 Å². The number of hydrogen-bond donors (Lipinski definition) is 1. The maximum absolute atomic E-state index is 13.7. The number of benzene rings is 2. The predicted octanol–water partition coefficient (Wildman–Crippen LogP) is 4.47. The average Bonchev–Trinajstić information content (AvgIpc) is 2.70. The van der Waals surface area contributed by atoms with Crippen molar-refractivity contribution in [2.45, 2.75) is 26.1 Å². The molecule has 1 aliphatic rings. The minimum atomic E-state index is -4.56. The summed E-state index contributed by atoms with van der Waals surface area (Å²) >= 11 is 6.17. The van der Waals surface area contributed by atoms with Gasteiger partial charge in [-0.05, 0) is 36.9 Å². The number of hydrazine groups is 1. The zero-order valence-electron chi connectivity index (χ0n) is 13.1. The van der Waals surface area contributed by atoms with Crippen LogP contribution in [0, 0.1) is 5.41 Å².